The predicted molar refractivity (Wildman–Crippen MR) is 63.2 cm³/mol. The summed E-state index contributed by atoms with van der Waals surface area (Å²) in [5.41, 5.74) is 2.50. The molecule has 16 heavy (non-hydrogen) atoms. The lowest BCUT2D eigenvalue weighted by Gasteiger charge is -2.05. The lowest BCUT2D eigenvalue weighted by atomic mass is 10.0. The van der Waals surface area contributed by atoms with Crippen molar-refractivity contribution in [1.29, 1.82) is 0 Å². The van der Waals surface area contributed by atoms with Gasteiger partial charge in [0.1, 0.15) is 11.6 Å². The second-order valence-electron chi connectivity index (χ2n) is 3.63. The molecule has 0 atom stereocenters. The van der Waals surface area contributed by atoms with Crippen LogP contribution >= 0.6 is 11.6 Å². The maximum atomic E-state index is 13.0. The Morgan fingerprint density at radius 3 is 2.31 bits per heavy atom. The number of hydrogen-bond acceptors (Lipinski definition) is 1. The monoisotopic (exact) mass is 236 g/mol. The van der Waals surface area contributed by atoms with Gasteiger partial charge >= 0.3 is 0 Å². The first-order valence-corrected chi connectivity index (χ1v) is 5.21. The topological polar surface area (TPSA) is 20.2 Å². The Bertz CT molecular complexity index is 488. The fraction of sp³-hybridized carbons (Fsp3) is 0.0769. The van der Waals surface area contributed by atoms with E-state index < -0.39 is 5.82 Å². The van der Waals surface area contributed by atoms with E-state index in [1.165, 1.54) is 6.07 Å². The van der Waals surface area contributed by atoms with Crippen LogP contribution in [0.15, 0.2) is 36.4 Å². The van der Waals surface area contributed by atoms with E-state index in [1.807, 2.05) is 13.0 Å². The van der Waals surface area contributed by atoms with Gasteiger partial charge in [-0.2, -0.15) is 0 Å². The minimum Gasteiger partial charge on any atom is -0.508 e. The van der Waals surface area contributed by atoms with Crippen molar-refractivity contribution < 1.29 is 9.50 Å². The molecule has 2 aromatic rings. The molecule has 2 aromatic carbocycles. The largest absolute Gasteiger partial charge is 0.508 e. The number of phenols is 1. The summed E-state index contributed by atoms with van der Waals surface area (Å²) in [5, 5.41) is 9.50. The summed E-state index contributed by atoms with van der Waals surface area (Å²) in [6.45, 7) is 1.81. The molecule has 82 valence electrons. The molecule has 1 nitrogen and oxygen atoms in total. The van der Waals surface area contributed by atoms with Crippen LogP contribution in [0.5, 0.6) is 5.75 Å². The molecule has 0 amide bonds. The molecule has 0 fully saturated rings. The number of rotatable bonds is 1. The Labute approximate surface area is 98.1 Å². The normalized spacial score (nSPS) is 10.4. The van der Waals surface area contributed by atoms with Gasteiger partial charge in [-0.3, -0.25) is 0 Å². The third kappa shape index (κ3) is 2.02. The van der Waals surface area contributed by atoms with E-state index in [9.17, 15) is 9.50 Å². The van der Waals surface area contributed by atoms with Crippen LogP contribution in [-0.4, -0.2) is 5.11 Å². The Hall–Kier alpha value is -1.54. The van der Waals surface area contributed by atoms with E-state index in [4.69, 9.17) is 11.6 Å². The molecule has 0 aromatic heterocycles. The van der Waals surface area contributed by atoms with Crippen LogP contribution in [-0.2, 0) is 0 Å². The van der Waals surface area contributed by atoms with E-state index in [0.717, 1.165) is 16.7 Å². The van der Waals surface area contributed by atoms with Crippen molar-refractivity contribution in [3.63, 3.8) is 0 Å². The van der Waals surface area contributed by atoms with Crippen LogP contribution < -0.4 is 0 Å². The van der Waals surface area contributed by atoms with Gasteiger partial charge in [-0.25, -0.2) is 4.39 Å². The molecule has 0 unspecified atom stereocenters. The average Bonchev–Trinajstić information content (AvgIpc) is 2.26. The molecule has 3 heteroatoms. The lowest BCUT2D eigenvalue weighted by Crippen LogP contribution is -1.83. The van der Waals surface area contributed by atoms with Crippen molar-refractivity contribution in [2.45, 2.75) is 6.92 Å². The Kier molecular flexibility index (Phi) is 2.84. The highest BCUT2D eigenvalue weighted by atomic mass is 35.5. The molecule has 0 bridgehead atoms. The van der Waals surface area contributed by atoms with Gasteiger partial charge in [0, 0.05) is 0 Å². The van der Waals surface area contributed by atoms with Crippen molar-refractivity contribution in [3.8, 4) is 16.9 Å². The van der Waals surface area contributed by atoms with Crippen molar-refractivity contribution in [2.24, 2.45) is 0 Å². The van der Waals surface area contributed by atoms with Gasteiger partial charge in [0.2, 0.25) is 0 Å². The molecule has 0 radical (unpaired) electrons. The van der Waals surface area contributed by atoms with Crippen molar-refractivity contribution in [2.75, 3.05) is 0 Å². The molecule has 0 aliphatic carbocycles. The van der Waals surface area contributed by atoms with Crippen LogP contribution in [0.1, 0.15) is 5.56 Å². The number of aromatic hydroxyl groups is 1. The van der Waals surface area contributed by atoms with E-state index in [2.05, 4.69) is 0 Å². The first kappa shape index (κ1) is 11.0. The van der Waals surface area contributed by atoms with Crippen LogP contribution in [0.3, 0.4) is 0 Å². The molecule has 0 saturated carbocycles. The summed E-state index contributed by atoms with van der Waals surface area (Å²) >= 11 is 5.71. The van der Waals surface area contributed by atoms with Gasteiger partial charge in [0.05, 0.1) is 5.02 Å². The lowest BCUT2D eigenvalue weighted by molar-refractivity contribution is 0.471. The van der Waals surface area contributed by atoms with Crippen LogP contribution in [0.2, 0.25) is 5.02 Å². The molecular formula is C13H10ClFO. The maximum absolute atomic E-state index is 13.0. The average molecular weight is 237 g/mol. The summed E-state index contributed by atoms with van der Waals surface area (Å²) in [7, 11) is 0. The third-order valence-corrected chi connectivity index (χ3v) is 2.74. The zero-order chi connectivity index (χ0) is 11.7. The highest BCUT2D eigenvalue weighted by Gasteiger charge is 2.04. The molecular weight excluding hydrogens is 227 g/mol. The number of benzene rings is 2. The standard InChI is InChI=1S/C13H10ClFO/c1-8-6-9(3-5-13(8)16)10-2-4-12(15)11(14)7-10/h2-7,16H,1H3. The van der Waals surface area contributed by atoms with Crippen LogP contribution in [0.4, 0.5) is 4.39 Å². The van der Waals surface area contributed by atoms with Crippen LogP contribution in [0, 0.1) is 12.7 Å². The van der Waals surface area contributed by atoms with Gasteiger partial charge in [-0.15, -0.1) is 0 Å². The fourth-order valence-corrected chi connectivity index (χ4v) is 1.69. The first-order chi connectivity index (χ1) is 7.58. The first-order valence-electron chi connectivity index (χ1n) is 4.83. The third-order valence-electron chi connectivity index (χ3n) is 2.45. The van der Waals surface area contributed by atoms with Crippen molar-refractivity contribution in [3.05, 3.63) is 52.8 Å². The van der Waals surface area contributed by atoms with Gasteiger partial charge in [0.15, 0.2) is 0 Å². The van der Waals surface area contributed by atoms with Gasteiger partial charge in [0.25, 0.3) is 0 Å². The number of aryl methyl sites for hydroxylation is 1. The number of phenolic OH excluding ortho intramolecular Hbond substituents is 1. The predicted octanol–water partition coefficient (Wildman–Crippen LogP) is 4.16. The molecule has 0 aliphatic rings. The molecule has 0 saturated heterocycles. The van der Waals surface area contributed by atoms with Crippen LogP contribution in [0.25, 0.3) is 11.1 Å². The van der Waals surface area contributed by atoms with Gasteiger partial charge < -0.3 is 5.11 Å². The SMILES string of the molecule is Cc1cc(-c2ccc(F)c(Cl)c2)ccc1O. The molecule has 1 N–H and O–H groups in total. The minimum atomic E-state index is -0.430. The molecule has 0 aliphatic heterocycles. The smallest absolute Gasteiger partial charge is 0.141 e. The minimum absolute atomic E-state index is 0.100. The maximum Gasteiger partial charge on any atom is 0.141 e. The Morgan fingerprint density at radius 2 is 1.69 bits per heavy atom. The van der Waals surface area contributed by atoms with Gasteiger partial charge in [-0.1, -0.05) is 23.7 Å². The summed E-state index contributed by atoms with van der Waals surface area (Å²) in [4.78, 5) is 0. The highest BCUT2D eigenvalue weighted by molar-refractivity contribution is 6.31. The van der Waals surface area contributed by atoms with Gasteiger partial charge in [-0.05, 0) is 47.9 Å². The Balaban J connectivity index is 2.50. The van der Waals surface area contributed by atoms with E-state index in [-0.39, 0.29) is 10.8 Å². The second kappa shape index (κ2) is 4.14. The number of hydrogen-bond donors (Lipinski definition) is 1. The van der Waals surface area contributed by atoms with E-state index in [0.29, 0.717) is 0 Å². The zero-order valence-electron chi connectivity index (χ0n) is 8.67. The van der Waals surface area contributed by atoms with Crippen molar-refractivity contribution >= 4 is 11.6 Å². The summed E-state index contributed by atoms with van der Waals surface area (Å²) < 4.78 is 13.0. The fourth-order valence-electron chi connectivity index (χ4n) is 1.51. The van der Waals surface area contributed by atoms with Crippen molar-refractivity contribution in [1.82, 2.24) is 0 Å². The quantitative estimate of drug-likeness (QED) is 0.788. The summed E-state index contributed by atoms with van der Waals surface area (Å²) in [5.74, 6) is -0.183. The molecule has 0 heterocycles. The Morgan fingerprint density at radius 1 is 1.06 bits per heavy atom. The zero-order valence-corrected chi connectivity index (χ0v) is 9.42. The van der Waals surface area contributed by atoms with E-state index in [1.54, 1.807) is 24.3 Å². The highest BCUT2D eigenvalue weighted by Crippen LogP contribution is 2.28. The molecule has 2 rings (SSSR count). The number of halogens is 2. The summed E-state index contributed by atoms with van der Waals surface area (Å²) in [6, 6.07) is 9.78. The second-order valence-corrected chi connectivity index (χ2v) is 4.04. The summed E-state index contributed by atoms with van der Waals surface area (Å²) in [6.07, 6.45) is 0. The molecule has 0 spiro atoms. The van der Waals surface area contributed by atoms with E-state index >= 15 is 0 Å².